The second kappa shape index (κ2) is 4.36. The summed E-state index contributed by atoms with van der Waals surface area (Å²) < 4.78 is 56.5. The predicted molar refractivity (Wildman–Crippen MR) is 49.7 cm³/mol. The van der Waals surface area contributed by atoms with E-state index in [0.717, 1.165) is 13.1 Å². The summed E-state index contributed by atoms with van der Waals surface area (Å²) in [6.45, 7) is 2.09. The van der Waals surface area contributed by atoms with E-state index in [0.29, 0.717) is 0 Å². The lowest BCUT2D eigenvalue weighted by Crippen LogP contribution is -2.58. The van der Waals surface area contributed by atoms with Crippen LogP contribution in [0, 0.1) is 0 Å². The first-order valence-electron chi connectivity index (χ1n) is 4.08. The maximum absolute atomic E-state index is 13.1. The van der Waals surface area contributed by atoms with Crippen LogP contribution in [0.1, 0.15) is 6.92 Å². The van der Waals surface area contributed by atoms with Gasteiger partial charge in [-0.05, 0) is 6.92 Å². The van der Waals surface area contributed by atoms with Crippen molar-refractivity contribution in [3.05, 3.63) is 0 Å². The molecule has 0 aromatic rings. The molecule has 86 valence electrons. The second-order valence-corrected chi connectivity index (χ2v) is 9.80. The van der Waals surface area contributed by atoms with Crippen LogP contribution < -0.4 is 0 Å². The molecule has 0 aliphatic carbocycles. The molecule has 7 heteroatoms. The maximum Gasteiger partial charge on any atom is 0.330 e. The Labute approximate surface area is 86.1 Å². The zero-order chi connectivity index (χ0) is 11.6. The summed E-state index contributed by atoms with van der Waals surface area (Å²) >= 11 is 5.34. The fourth-order valence-corrected chi connectivity index (χ4v) is 2.11. The van der Waals surface area contributed by atoms with Crippen LogP contribution in [0.5, 0.6) is 0 Å². The first-order valence-corrected chi connectivity index (χ1v) is 8.09. The number of alkyl halides is 4. The average molecular weight is 253 g/mol. The Kier molecular flexibility index (Phi) is 4.42. The van der Waals surface area contributed by atoms with Crippen molar-refractivity contribution in [2.45, 2.75) is 31.5 Å². The molecule has 0 saturated carbocycles. The van der Waals surface area contributed by atoms with Gasteiger partial charge in [0.05, 0.1) is 0 Å². The Morgan fingerprint density at radius 3 is 1.93 bits per heavy atom. The van der Waals surface area contributed by atoms with E-state index < -0.39 is 25.5 Å². The Hall–Kier alpha value is 0.187. The van der Waals surface area contributed by atoms with Gasteiger partial charge in [0, 0.05) is 6.61 Å². The van der Waals surface area contributed by atoms with Gasteiger partial charge in [-0.25, -0.2) is 8.78 Å². The number of ether oxygens (including phenoxy) is 1. The molecule has 0 N–H and O–H groups in total. The highest BCUT2D eigenvalue weighted by Crippen LogP contribution is 2.43. The molecule has 0 saturated heterocycles. The van der Waals surface area contributed by atoms with Crippen LogP contribution in [0.4, 0.5) is 17.6 Å². The molecule has 0 radical (unpaired) electrons. The van der Waals surface area contributed by atoms with E-state index in [-0.39, 0.29) is 6.61 Å². The fourth-order valence-electron chi connectivity index (χ4n) is 0.756. The van der Waals surface area contributed by atoms with E-state index in [4.69, 9.17) is 11.1 Å². The summed E-state index contributed by atoms with van der Waals surface area (Å²) in [6, 6.07) is 0. The predicted octanol–water partition coefficient (Wildman–Crippen LogP) is 3.28. The number of rotatable bonds is 5. The highest BCUT2D eigenvalue weighted by Gasteiger charge is 2.65. The van der Waals surface area contributed by atoms with Gasteiger partial charge in [0.25, 0.3) is 0 Å². The molecule has 0 atom stereocenters. The van der Waals surface area contributed by atoms with E-state index in [1.807, 2.05) is 0 Å². The molecule has 0 fully saturated rings. The van der Waals surface area contributed by atoms with Crippen molar-refractivity contribution < 1.29 is 22.3 Å². The molecule has 0 aliphatic rings. The van der Waals surface area contributed by atoms with Crippen molar-refractivity contribution in [1.82, 2.24) is 0 Å². The van der Waals surface area contributed by atoms with Gasteiger partial charge in [-0.3, -0.25) is 0 Å². The van der Waals surface area contributed by atoms with Gasteiger partial charge in [0.1, 0.15) is 6.61 Å². The number of hydrogen-bond donors (Lipinski definition) is 0. The average Bonchev–Trinajstić information content (AvgIpc) is 1.98. The standard InChI is InChI=1S/C7H13ClF4OSi/c1-4-13-5-6(9,10)7(11,12)14(2,3)8/h4-5H2,1-3H3. The third-order valence-electron chi connectivity index (χ3n) is 1.69. The summed E-state index contributed by atoms with van der Waals surface area (Å²) in [5.41, 5.74) is -4.17. The smallest absolute Gasteiger partial charge is 0.330 e. The van der Waals surface area contributed by atoms with Gasteiger partial charge < -0.3 is 4.74 Å². The number of halogens is 5. The third kappa shape index (κ3) is 2.84. The van der Waals surface area contributed by atoms with Crippen molar-refractivity contribution in [3.63, 3.8) is 0 Å². The Morgan fingerprint density at radius 1 is 1.21 bits per heavy atom. The molecule has 0 aromatic heterocycles. The van der Waals surface area contributed by atoms with Crippen molar-refractivity contribution in [2.24, 2.45) is 0 Å². The van der Waals surface area contributed by atoms with E-state index in [1.165, 1.54) is 6.92 Å². The molecular weight excluding hydrogens is 240 g/mol. The zero-order valence-corrected chi connectivity index (χ0v) is 9.97. The third-order valence-corrected chi connectivity index (χ3v) is 4.26. The molecule has 0 heterocycles. The first kappa shape index (κ1) is 14.2. The molecule has 0 rings (SSSR count). The molecule has 0 spiro atoms. The van der Waals surface area contributed by atoms with Gasteiger partial charge in [0.2, 0.25) is 7.38 Å². The summed E-state index contributed by atoms with van der Waals surface area (Å²) in [7, 11) is -3.76. The SMILES string of the molecule is CCOCC(F)(F)C(F)(F)[Si](C)(C)Cl. The minimum atomic E-state index is -4.19. The van der Waals surface area contributed by atoms with Crippen LogP contribution in [0.25, 0.3) is 0 Å². The van der Waals surface area contributed by atoms with Gasteiger partial charge in [-0.2, -0.15) is 19.9 Å². The van der Waals surface area contributed by atoms with Crippen molar-refractivity contribution in [1.29, 1.82) is 0 Å². The van der Waals surface area contributed by atoms with Crippen molar-refractivity contribution in [2.75, 3.05) is 13.2 Å². The van der Waals surface area contributed by atoms with Crippen molar-refractivity contribution >= 4 is 18.5 Å². The number of hydrogen-bond acceptors (Lipinski definition) is 1. The Morgan fingerprint density at radius 2 is 1.64 bits per heavy atom. The fraction of sp³-hybridized carbons (Fsp3) is 1.00. The largest absolute Gasteiger partial charge is 0.375 e. The van der Waals surface area contributed by atoms with Crippen LogP contribution in [0.3, 0.4) is 0 Å². The summed E-state index contributed by atoms with van der Waals surface area (Å²) in [4.78, 5) is 0. The lowest BCUT2D eigenvalue weighted by atomic mass is 10.4. The Balaban J connectivity index is 4.69. The van der Waals surface area contributed by atoms with Gasteiger partial charge in [0.15, 0.2) is 0 Å². The molecule has 0 bridgehead atoms. The lowest BCUT2D eigenvalue weighted by molar-refractivity contribution is -0.192. The minimum absolute atomic E-state index is 0.0318. The second-order valence-electron chi connectivity index (χ2n) is 3.39. The molecular formula is C7H13ClF4OSi. The Bertz CT molecular complexity index is 193. The van der Waals surface area contributed by atoms with Crippen LogP contribution in [0.2, 0.25) is 13.1 Å². The molecule has 1 nitrogen and oxygen atoms in total. The molecule has 0 aliphatic heterocycles. The maximum atomic E-state index is 13.1. The first-order chi connectivity index (χ1) is 6.06. The van der Waals surface area contributed by atoms with Gasteiger partial charge in [-0.15, -0.1) is 0 Å². The van der Waals surface area contributed by atoms with E-state index >= 15 is 0 Å². The lowest BCUT2D eigenvalue weighted by Gasteiger charge is -2.32. The van der Waals surface area contributed by atoms with E-state index in [2.05, 4.69) is 4.74 Å². The zero-order valence-electron chi connectivity index (χ0n) is 8.21. The summed E-state index contributed by atoms with van der Waals surface area (Å²) in [5.74, 6) is -4.19. The van der Waals surface area contributed by atoms with Crippen molar-refractivity contribution in [3.8, 4) is 0 Å². The monoisotopic (exact) mass is 252 g/mol. The van der Waals surface area contributed by atoms with Crippen LogP contribution in [-0.4, -0.2) is 32.1 Å². The van der Waals surface area contributed by atoms with E-state index in [1.54, 1.807) is 0 Å². The van der Waals surface area contributed by atoms with Crippen LogP contribution in [0.15, 0.2) is 0 Å². The van der Waals surface area contributed by atoms with Gasteiger partial charge in [-0.1, -0.05) is 13.1 Å². The highest BCUT2D eigenvalue weighted by molar-refractivity contribution is 7.20. The molecule has 14 heavy (non-hydrogen) atoms. The highest BCUT2D eigenvalue weighted by atomic mass is 35.6. The summed E-state index contributed by atoms with van der Waals surface area (Å²) in [6.07, 6.45) is 0. The quantitative estimate of drug-likeness (QED) is 0.415. The van der Waals surface area contributed by atoms with Gasteiger partial charge >= 0.3 is 11.5 Å². The minimum Gasteiger partial charge on any atom is -0.375 e. The van der Waals surface area contributed by atoms with Crippen LogP contribution >= 0.6 is 11.1 Å². The van der Waals surface area contributed by atoms with Crippen LogP contribution in [-0.2, 0) is 4.74 Å². The topological polar surface area (TPSA) is 9.23 Å². The molecule has 0 unspecified atom stereocenters. The van der Waals surface area contributed by atoms with E-state index in [9.17, 15) is 17.6 Å². The molecule has 0 aromatic carbocycles. The summed E-state index contributed by atoms with van der Waals surface area (Å²) in [5, 5.41) is 0. The molecule has 0 amide bonds. The normalized spacial score (nSPS) is 14.6.